The van der Waals surface area contributed by atoms with Crippen LogP contribution >= 0.6 is 11.6 Å². The zero-order valence-electron chi connectivity index (χ0n) is 13.1. The van der Waals surface area contributed by atoms with Gasteiger partial charge in [0, 0.05) is 11.1 Å². The van der Waals surface area contributed by atoms with Crippen LogP contribution in [-0.2, 0) is 4.79 Å². The van der Waals surface area contributed by atoms with Crippen molar-refractivity contribution in [2.75, 3.05) is 6.61 Å². The second-order valence-corrected chi connectivity index (χ2v) is 5.41. The van der Waals surface area contributed by atoms with E-state index in [1.807, 2.05) is 0 Å². The van der Waals surface area contributed by atoms with E-state index in [2.05, 4.69) is 10.5 Å². The van der Waals surface area contributed by atoms with Crippen LogP contribution in [-0.4, -0.2) is 23.7 Å². The van der Waals surface area contributed by atoms with Crippen molar-refractivity contribution in [3.63, 3.8) is 0 Å². The monoisotopic (exact) mass is 362 g/mol. The zero-order chi connectivity index (χ0) is 18.4. The quantitative estimate of drug-likeness (QED) is 0.480. The number of amides is 1. The third-order valence-electron chi connectivity index (χ3n) is 3.08. The molecule has 0 saturated carbocycles. The fourth-order valence-corrected chi connectivity index (χ4v) is 2.15. The molecular weight excluding hydrogens is 350 g/mol. The number of ether oxygens (including phenoxy) is 1. The van der Waals surface area contributed by atoms with Crippen LogP contribution in [0, 0.1) is 17.0 Å². The minimum absolute atomic E-state index is 0.00716. The minimum Gasteiger partial charge on any atom is -0.872 e. The number of halogens is 1. The lowest BCUT2D eigenvalue weighted by Gasteiger charge is -2.08. The Morgan fingerprint density at radius 3 is 2.80 bits per heavy atom. The van der Waals surface area contributed by atoms with Crippen molar-refractivity contribution in [1.82, 2.24) is 5.43 Å². The topological polar surface area (TPSA) is 117 Å². The van der Waals surface area contributed by atoms with Gasteiger partial charge in [0.25, 0.3) is 11.6 Å². The van der Waals surface area contributed by atoms with Crippen molar-refractivity contribution in [1.29, 1.82) is 0 Å². The van der Waals surface area contributed by atoms with Gasteiger partial charge in [-0.05, 0) is 30.7 Å². The largest absolute Gasteiger partial charge is 0.872 e. The second-order valence-electron chi connectivity index (χ2n) is 4.97. The third kappa shape index (κ3) is 5.18. The van der Waals surface area contributed by atoms with Crippen LogP contribution in [0.4, 0.5) is 5.69 Å². The summed E-state index contributed by atoms with van der Waals surface area (Å²) < 4.78 is 5.33. The molecule has 1 N–H and O–H groups in total. The zero-order valence-corrected chi connectivity index (χ0v) is 13.8. The van der Waals surface area contributed by atoms with Crippen LogP contribution < -0.4 is 15.3 Å². The van der Waals surface area contributed by atoms with Gasteiger partial charge in [-0.15, -0.1) is 5.75 Å². The first kappa shape index (κ1) is 18.2. The molecule has 2 aromatic carbocycles. The highest BCUT2D eigenvalue weighted by Crippen LogP contribution is 2.22. The maximum atomic E-state index is 11.7. The normalized spacial score (nSPS) is 10.6. The van der Waals surface area contributed by atoms with E-state index in [0.29, 0.717) is 10.8 Å². The fourth-order valence-electron chi connectivity index (χ4n) is 1.93. The number of nitro groups is 1. The Balaban J connectivity index is 1.95. The predicted molar refractivity (Wildman–Crippen MR) is 90.0 cm³/mol. The lowest BCUT2D eigenvalue weighted by atomic mass is 10.2. The second kappa shape index (κ2) is 8.11. The van der Waals surface area contributed by atoms with Gasteiger partial charge in [0.15, 0.2) is 6.61 Å². The van der Waals surface area contributed by atoms with Crippen molar-refractivity contribution in [3.8, 4) is 11.5 Å². The Morgan fingerprint density at radius 1 is 1.36 bits per heavy atom. The Hall–Kier alpha value is -3.13. The number of carbonyl (C=O) groups is 1. The molecule has 25 heavy (non-hydrogen) atoms. The molecule has 0 aliphatic carbocycles. The molecule has 0 radical (unpaired) electrons. The minimum atomic E-state index is -0.644. The summed E-state index contributed by atoms with van der Waals surface area (Å²) in [6, 6.07) is 8.18. The van der Waals surface area contributed by atoms with E-state index in [1.54, 1.807) is 25.1 Å². The number of nitrogens with one attached hydrogen (secondary N) is 1. The summed E-state index contributed by atoms with van der Waals surface area (Å²) in [5, 5.41) is 26.3. The maximum Gasteiger partial charge on any atom is 0.278 e. The van der Waals surface area contributed by atoms with Crippen LogP contribution in [0.3, 0.4) is 0 Å². The van der Waals surface area contributed by atoms with Gasteiger partial charge in [-0.25, -0.2) is 5.43 Å². The molecule has 0 saturated heterocycles. The molecule has 0 unspecified atom stereocenters. The fraction of sp³-hybridized carbons (Fsp3) is 0.125. The number of aryl methyl sites for hydroxylation is 1. The van der Waals surface area contributed by atoms with E-state index in [-0.39, 0.29) is 17.9 Å². The van der Waals surface area contributed by atoms with Gasteiger partial charge in [-0.1, -0.05) is 23.7 Å². The van der Waals surface area contributed by atoms with Crippen LogP contribution in [0.15, 0.2) is 41.5 Å². The van der Waals surface area contributed by atoms with Crippen molar-refractivity contribution in [2.24, 2.45) is 5.10 Å². The Morgan fingerprint density at radius 2 is 2.12 bits per heavy atom. The molecule has 130 valence electrons. The summed E-state index contributed by atoms with van der Waals surface area (Å²) in [5.74, 6) is -0.468. The van der Waals surface area contributed by atoms with Crippen LogP contribution in [0.2, 0.25) is 5.02 Å². The highest BCUT2D eigenvalue weighted by molar-refractivity contribution is 6.30. The Labute approximate surface area is 147 Å². The van der Waals surface area contributed by atoms with Crippen molar-refractivity contribution >= 4 is 29.4 Å². The van der Waals surface area contributed by atoms with Gasteiger partial charge < -0.3 is 9.84 Å². The van der Waals surface area contributed by atoms with Crippen molar-refractivity contribution in [3.05, 3.63) is 62.7 Å². The molecule has 0 aromatic heterocycles. The number of nitrogens with zero attached hydrogens (tertiary/aromatic N) is 2. The van der Waals surface area contributed by atoms with Gasteiger partial charge in [-0.3, -0.25) is 14.9 Å². The van der Waals surface area contributed by atoms with Crippen LogP contribution in [0.25, 0.3) is 0 Å². The predicted octanol–water partition coefficient (Wildman–Crippen LogP) is 2.16. The molecule has 0 atom stereocenters. The summed E-state index contributed by atoms with van der Waals surface area (Å²) in [4.78, 5) is 21.9. The summed E-state index contributed by atoms with van der Waals surface area (Å²) in [6.07, 6.45) is 1.03. The number of hydrazone groups is 1. The lowest BCUT2D eigenvalue weighted by molar-refractivity contribution is -0.385. The van der Waals surface area contributed by atoms with E-state index in [0.717, 1.165) is 30.0 Å². The molecule has 1 amide bonds. The number of hydrogen-bond donors (Lipinski definition) is 1. The van der Waals surface area contributed by atoms with Crippen LogP contribution in [0.5, 0.6) is 11.5 Å². The molecule has 2 aromatic rings. The van der Waals surface area contributed by atoms with Gasteiger partial charge in [0.2, 0.25) is 0 Å². The Bertz CT molecular complexity index is 839. The molecular formula is C16H13ClN3O5-. The number of nitro benzene ring substituents is 1. The molecule has 9 heteroatoms. The third-order valence-corrected chi connectivity index (χ3v) is 3.32. The first-order valence-electron chi connectivity index (χ1n) is 7.03. The highest BCUT2D eigenvalue weighted by Gasteiger charge is 2.11. The first-order valence-corrected chi connectivity index (χ1v) is 7.41. The standard InChI is InChI=1S/C16H14ClN3O5/c1-10-6-12(17)2-5-15(10)25-9-16(22)19-18-8-11-7-13(21)3-4-14(11)20(23)24/h2-8,21H,9H2,1H3,(H,19,22)/p-1/b18-8+. The molecule has 2 rings (SSSR count). The number of carbonyl (C=O) groups excluding carboxylic acids is 1. The van der Waals surface area contributed by atoms with Gasteiger partial charge in [0.05, 0.1) is 16.7 Å². The van der Waals surface area contributed by atoms with Crippen molar-refractivity contribution < 1.29 is 19.6 Å². The van der Waals surface area contributed by atoms with Crippen molar-refractivity contribution in [2.45, 2.75) is 6.92 Å². The average molecular weight is 363 g/mol. The average Bonchev–Trinajstić information content (AvgIpc) is 2.54. The highest BCUT2D eigenvalue weighted by atomic mass is 35.5. The number of hydrogen-bond acceptors (Lipinski definition) is 6. The van der Waals surface area contributed by atoms with Crippen LogP contribution in [0.1, 0.15) is 11.1 Å². The smallest absolute Gasteiger partial charge is 0.278 e. The molecule has 0 fully saturated rings. The molecule has 0 aliphatic heterocycles. The van der Waals surface area contributed by atoms with E-state index in [9.17, 15) is 20.0 Å². The Kier molecular flexibility index (Phi) is 5.91. The van der Waals surface area contributed by atoms with Gasteiger partial charge in [-0.2, -0.15) is 5.10 Å². The molecule has 0 heterocycles. The lowest BCUT2D eigenvalue weighted by Crippen LogP contribution is -2.24. The maximum absolute atomic E-state index is 11.7. The van der Waals surface area contributed by atoms with E-state index >= 15 is 0 Å². The van der Waals surface area contributed by atoms with E-state index < -0.39 is 16.6 Å². The molecule has 0 bridgehead atoms. The van der Waals surface area contributed by atoms with E-state index in [4.69, 9.17) is 16.3 Å². The summed E-state index contributed by atoms with van der Waals surface area (Å²) in [5.41, 5.74) is 2.65. The van der Waals surface area contributed by atoms with Gasteiger partial charge >= 0.3 is 0 Å². The summed E-state index contributed by atoms with van der Waals surface area (Å²) in [6.45, 7) is 1.48. The number of benzene rings is 2. The first-order chi connectivity index (χ1) is 11.9. The molecule has 8 nitrogen and oxygen atoms in total. The molecule has 0 aliphatic rings. The SMILES string of the molecule is Cc1cc(Cl)ccc1OCC(=O)N/N=C/c1cc([O-])ccc1[N+](=O)[O-]. The van der Waals surface area contributed by atoms with Gasteiger partial charge in [0.1, 0.15) is 5.75 Å². The summed E-state index contributed by atoms with van der Waals surface area (Å²) >= 11 is 5.83. The molecule has 0 spiro atoms. The number of rotatable bonds is 6. The van der Waals surface area contributed by atoms with E-state index in [1.165, 1.54) is 0 Å². The summed E-state index contributed by atoms with van der Waals surface area (Å²) in [7, 11) is 0.